The highest BCUT2D eigenvalue weighted by Crippen LogP contribution is 2.31. The molecule has 0 fully saturated rings. The van der Waals surface area contributed by atoms with Gasteiger partial charge < -0.3 is 14.4 Å². The zero-order valence-electron chi connectivity index (χ0n) is 18.0. The number of amides is 1. The lowest BCUT2D eigenvalue weighted by molar-refractivity contribution is -0.288. The minimum absolute atomic E-state index is 0.109. The first-order valence-electron chi connectivity index (χ1n) is 9.63. The molecular weight excluding hydrogens is 484 g/mol. The zero-order chi connectivity index (χ0) is 24.6. The number of sulfonamides is 1. The summed E-state index contributed by atoms with van der Waals surface area (Å²) in [4.78, 5) is 12.7. The van der Waals surface area contributed by atoms with Crippen LogP contribution in [0, 0.1) is 23.2 Å². The van der Waals surface area contributed by atoms with Crippen molar-refractivity contribution in [2.75, 3.05) is 46.9 Å². The van der Waals surface area contributed by atoms with Crippen molar-refractivity contribution in [1.82, 2.24) is 14.7 Å². The van der Waals surface area contributed by atoms with Gasteiger partial charge in [0, 0.05) is 38.9 Å². The molecule has 2 aromatic carbocycles. The van der Waals surface area contributed by atoms with E-state index in [1.165, 1.54) is 36.9 Å². The summed E-state index contributed by atoms with van der Waals surface area (Å²) in [5.41, 5.74) is 1.35. The smallest absolute Gasteiger partial charge is 0.258 e. The van der Waals surface area contributed by atoms with E-state index in [2.05, 4.69) is 0 Å². The Morgan fingerprint density at radius 2 is 1.73 bits per heavy atom. The quantitative estimate of drug-likeness (QED) is 0.330. The van der Waals surface area contributed by atoms with Crippen molar-refractivity contribution in [3.63, 3.8) is 0 Å². The third kappa shape index (κ3) is 7.59. The molecule has 0 spiro atoms. The number of methoxy groups -OCH3 is 1. The second-order valence-corrected chi connectivity index (χ2v) is 9.37. The van der Waals surface area contributed by atoms with E-state index >= 15 is 0 Å². The van der Waals surface area contributed by atoms with Crippen molar-refractivity contribution in [3.8, 4) is 11.5 Å². The van der Waals surface area contributed by atoms with Gasteiger partial charge in [0.1, 0.15) is 5.75 Å². The normalized spacial score (nSPS) is 11.8. The van der Waals surface area contributed by atoms with Crippen LogP contribution < -0.4 is 10.2 Å². The van der Waals surface area contributed by atoms with E-state index in [-0.39, 0.29) is 18.8 Å². The predicted octanol–water partition coefficient (Wildman–Crippen LogP) is 1.53. The molecule has 0 aliphatic rings. The SMILES string of the molecule is COCCN(C)CCN(CC(=O)NO)S(=O)(=O)c1cc(F)c(Oc2ccc([ClH+])cc2)c(F)c1. The van der Waals surface area contributed by atoms with Crippen LogP contribution in [0.15, 0.2) is 41.3 Å². The van der Waals surface area contributed by atoms with Crippen LogP contribution in [0.2, 0.25) is 5.02 Å². The lowest BCUT2D eigenvalue weighted by Gasteiger charge is -2.24. The number of halogens is 3. The Morgan fingerprint density at radius 3 is 2.27 bits per heavy atom. The number of likely N-dealkylation sites (N-methyl/N-ethyl adjacent to an activating group) is 1. The van der Waals surface area contributed by atoms with Crippen LogP contribution in [0.4, 0.5) is 8.78 Å². The second kappa shape index (κ2) is 12.2. The summed E-state index contributed by atoms with van der Waals surface area (Å²) in [7, 11) is -1.29. The lowest BCUT2D eigenvalue weighted by Crippen LogP contribution is -2.43. The van der Waals surface area contributed by atoms with E-state index in [4.69, 9.17) is 26.3 Å². The molecule has 182 valence electrons. The van der Waals surface area contributed by atoms with Crippen LogP contribution in [0.1, 0.15) is 0 Å². The second-order valence-electron chi connectivity index (χ2n) is 6.96. The van der Waals surface area contributed by atoms with Crippen molar-refractivity contribution >= 4 is 15.9 Å². The molecule has 0 saturated heterocycles. The molecule has 0 atom stereocenters. The van der Waals surface area contributed by atoms with Crippen LogP contribution >= 0.6 is 0 Å². The van der Waals surface area contributed by atoms with Gasteiger partial charge in [-0.2, -0.15) is 4.31 Å². The minimum Gasteiger partial charge on any atom is -0.451 e. The number of carbonyl (C=O) groups excluding carboxylic acids is 1. The first-order valence-corrected chi connectivity index (χ1v) is 11.5. The average molecular weight is 509 g/mol. The van der Waals surface area contributed by atoms with Crippen molar-refractivity contribution < 1.29 is 48.3 Å². The number of benzene rings is 2. The van der Waals surface area contributed by atoms with E-state index in [0.717, 1.165) is 0 Å². The third-order valence-corrected chi connectivity index (χ3v) is 6.60. The highest BCUT2D eigenvalue weighted by Gasteiger charge is 2.29. The molecule has 0 saturated carbocycles. The van der Waals surface area contributed by atoms with Gasteiger partial charge in [0.25, 0.3) is 5.91 Å². The van der Waals surface area contributed by atoms with Gasteiger partial charge >= 0.3 is 0 Å². The third-order valence-electron chi connectivity index (χ3n) is 4.51. The molecule has 0 aliphatic carbocycles. The van der Waals surface area contributed by atoms with Gasteiger partial charge in [0.15, 0.2) is 29.0 Å². The van der Waals surface area contributed by atoms with Crippen LogP contribution in [-0.2, 0) is 19.6 Å². The maximum Gasteiger partial charge on any atom is 0.258 e. The van der Waals surface area contributed by atoms with Gasteiger partial charge in [-0.15, -0.1) is 0 Å². The molecule has 2 rings (SSSR count). The Labute approximate surface area is 195 Å². The molecule has 0 heterocycles. The molecule has 1 amide bonds. The number of carbonyl (C=O) groups is 1. The van der Waals surface area contributed by atoms with Gasteiger partial charge in [0.2, 0.25) is 15.0 Å². The van der Waals surface area contributed by atoms with Crippen molar-refractivity contribution in [2.24, 2.45) is 0 Å². The van der Waals surface area contributed by atoms with Crippen molar-refractivity contribution in [2.45, 2.75) is 4.90 Å². The van der Waals surface area contributed by atoms with Crippen LogP contribution in [0.3, 0.4) is 0 Å². The Hall–Kier alpha value is -2.35. The Kier molecular flexibility index (Phi) is 9.95. The lowest BCUT2D eigenvalue weighted by atomic mass is 10.3. The van der Waals surface area contributed by atoms with Gasteiger partial charge in [-0.1, -0.05) is 0 Å². The summed E-state index contributed by atoms with van der Waals surface area (Å²) in [6.45, 7) is 0.120. The van der Waals surface area contributed by atoms with E-state index in [0.29, 0.717) is 34.6 Å². The molecule has 0 radical (unpaired) electrons. The summed E-state index contributed by atoms with van der Waals surface area (Å²) < 4.78 is 66.3. The Bertz CT molecular complexity index is 1030. The van der Waals surface area contributed by atoms with E-state index in [9.17, 15) is 22.0 Å². The monoisotopic (exact) mass is 508 g/mol. The molecule has 13 heteroatoms. The fourth-order valence-corrected chi connectivity index (χ4v) is 4.23. The first-order chi connectivity index (χ1) is 15.6. The van der Waals surface area contributed by atoms with Crippen molar-refractivity contribution in [3.05, 3.63) is 53.1 Å². The molecular formula is C20H25ClF2N3O6S+. The summed E-state index contributed by atoms with van der Waals surface area (Å²) in [6.07, 6.45) is 0. The highest BCUT2D eigenvalue weighted by atomic mass is 35.5. The number of hydrogen-bond acceptors (Lipinski definition) is 7. The Morgan fingerprint density at radius 1 is 1.12 bits per heavy atom. The molecule has 2 aromatic rings. The topological polar surface area (TPSA) is 108 Å². The number of nitrogens with one attached hydrogen (secondary N) is 1. The van der Waals surface area contributed by atoms with Gasteiger partial charge in [0.05, 0.1) is 18.0 Å². The number of nitrogens with zero attached hydrogens (tertiary/aromatic N) is 2. The maximum absolute atomic E-state index is 14.6. The Balaban J connectivity index is 2.30. The summed E-state index contributed by atoms with van der Waals surface area (Å²) >= 11 is 4.94. The zero-order valence-corrected chi connectivity index (χ0v) is 19.6. The van der Waals surface area contributed by atoms with Gasteiger partial charge in [-0.05, 0) is 31.3 Å². The molecule has 0 bridgehead atoms. The standard InChI is InChI=1S/C20H24ClF2N3O6S/c1-25(9-10-31-2)7-8-26(13-19(27)24-28)33(29,30)16-11-17(22)20(18(23)12-16)32-15-5-3-14(21)4-6-15/h3-6,11-12,21H,7-10,13H2,1-2H3,(H-,24,27,28)/p+1. The van der Waals surface area contributed by atoms with Crippen LogP contribution in [0.5, 0.6) is 11.5 Å². The maximum atomic E-state index is 14.6. The first kappa shape index (κ1) is 26.9. The van der Waals surface area contributed by atoms with E-state index in [1.54, 1.807) is 11.9 Å². The number of hydroxylamine groups is 1. The molecule has 0 aromatic heterocycles. The fraction of sp³-hybridized carbons (Fsp3) is 0.350. The molecule has 2 N–H and O–H groups in total. The fourth-order valence-electron chi connectivity index (χ4n) is 2.68. The highest BCUT2D eigenvalue weighted by molar-refractivity contribution is 7.89. The number of rotatable bonds is 12. The van der Waals surface area contributed by atoms with E-state index in [1.807, 2.05) is 0 Å². The molecule has 0 unspecified atom stereocenters. The van der Waals surface area contributed by atoms with Gasteiger partial charge in [-0.3, -0.25) is 10.0 Å². The predicted molar refractivity (Wildman–Crippen MR) is 111 cm³/mol. The molecule has 9 nitrogen and oxygen atoms in total. The van der Waals surface area contributed by atoms with Gasteiger partial charge in [-0.25, -0.2) is 22.7 Å². The largest absolute Gasteiger partial charge is 0.451 e. The number of ether oxygens (including phenoxy) is 2. The summed E-state index contributed by atoms with van der Waals surface area (Å²) in [6, 6.07) is 7.06. The minimum atomic E-state index is -4.51. The average Bonchev–Trinajstić information content (AvgIpc) is 2.78. The van der Waals surface area contributed by atoms with Crippen LogP contribution in [0.25, 0.3) is 0 Å². The summed E-state index contributed by atoms with van der Waals surface area (Å²) in [5.74, 6) is -4.19. The van der Waals surface area contributed by atoms with Crippen LogP contribution in [-0.4, -0.2) is 75.7 Å². The summed E-state index contributed by atoms with van der Waals surface area (Å²) in [5, 5.41) is 9.31. The van der Waals surface area contributed by atoms with Crippen molar-refractivity contribution in [1.29, 1.82) is 0 Å². The van der Waals surface area contributed by atoms with E-state index < -0.39 is 44.8 Å². The molecule has 0 aliphatic heterocycles. The molecule has 33 heavy (non-hydrogen) atoms. The number of hydrogen-bond donors (Lipinski definition) is 2.